The van der Waals surface area contributed by atoms with Crippen molar-refractivity contribution in [3.8, 4) is 11.5 Å². The summed E-state index contributed by atoms with van der Waals surface area (Å²) in [5, 5.41) is 0. The molecular weight excluding hydrogens is 252 g/mol. The highest BCUT2D eigenvalue weighted by molar-refractivity contribution is 5.43. The third kappa shape index (κ3) is 2.91. The molecule has 112 valence electrons. The van der Waals surface area contributed by atoms with Gasteiger partial charge in [-0.05, 0) is 50.4 Å². The van der Waals surface area contributed by atoms with Gasteiger partial charge in [-0.25, -0.2) is 0 Å². The Labute approximate surface area is 121 Å². The maximum atomic E-state index is 5.82. The second kappa shape index (κ2) is 6.46. The summed E-state index contributed by atoms with van der Waals surface area (Å²) in [5.41, 5.74) is 7.07. The van der Waals surface area contributed by atoms with Crippen molar-refractivity contribution in [2.75, 3.05) is 27.3 Å². The Bertz CT molecular complexity index is 450. The van der Waals surface area contributed by atoms with Gasteiger partial charge in [-0.3, -0.25) is 4.90 Å². The molecule has 2 N–H and O–H groups in total. The molecule has 1 aliphatic heterocycles. The lowest BCUT2D eigenvalue weighted by Crippen LogP contribution is -2.30. The predicted molar refractivity (Wildman–Crippen MR) is 81.3 cm³/mol. The molecule has 0 saturated carbocycles. The number of hydrogen-bond donors (Lipinski definition) is 1. The van der Waals surface area contributed by atoms with E-state index in [1.165, 1.54) is 12.0 Å². The van der Waals surface area contributed by atoms with Gasteiger partial charge in [-0.1, -0.05) is 6.07 Å². The maximum Gasteiger partial charge on any atom is 0.161 e. The van der Waals surface area contributed by atoms with E-state index >= 15 is 0 Å². The van der Waals surface area contributed by atoms with E-state index in [1.807, 2.05) is 6.07 Å². The first-order valence-electron chi connectivity index (χ1n) is 7.28. The number of methoxy groups -OCH3 is 2. The second-order valence-corrected chi connectivity index (χ2v) is 5.67. The number of rotatable bonds is 5. The number of likely N-dealkylation sites (tertiary alicyclic amines) is 1. The monoisotopic (exact) mass is 278 g/mol. The number of nitrogens with two attached hydrogens (primary N) is 1. The Morgan fingerprint density at radius 3 is 2.55 bits per heavy atom. The quantitative estimate of drug-likeness (QED) is 0.898. The second-order valence-electron chi connectivity index (χ2n) is 5.67. The minimum atomic E-state index is 0.362. The van der Waals surface area contributed by atoms with Gasteiger partial charge in [0.1, 0.15) is 0 Å². The van der Waals surface area contributed by atoms with Gasteiger partial charge in [0.25, 0.3) is 0 Å². The molecule has 1 saturated heterocycles. The number of benzene rings is 1. The summed E-state index contributed by atoms with van der Waals surface area (Å²) in [6, 6.07) is 7.11. The standard InChI is InChI=1S/C16H26N2O2/c1-11-7-13(9-17)10-18(11)12(2)14-5-6-15(19-3)16(8-14)20-4/h5-6,8,11-13H,7,9-10,17H2,1-4H3. The molecule has 1 aromatic carbocycles. The summed E-state index contributed by atoms with van der Waals surface area (Å²) in [5.74, 6) is 2.18. The van der Waals surface area contributed by atoms with Crippen LogP contribution in [-0.2, 0) is 0 Å². The lowest BCUT2D eigenvalue weighted by Gasteiger charge is -2.29. The van der Waals surface area contributed by atoms with E-state index in [4.69, 9.17) is 15.2 Å². The van der Waals surface area contributed by atoms with Crippen molar-refractivity contribution in [3.05, 3.63) is 23.8 Å². The largest absolute Gasteiger partial charge is 0.493 e. The zero-order chi connectivity index (χ0) is 14.7. The van der Waals surface area contributed by atoms with Crippen LogP contribution < -0.4 is 15.2 Å². The molecule has 0 amide bonds. The molecule has 0 spiro atoms. The average Bonchev–Trinajstić information content (AvgIpc) is 2.86. The van der Waals surface area contributed by atoms with Crippen LogP contribution in [0.25, 0.3) is 0 Å². The lowest BCUT2D eigenvalue weighted by atomic mass is 10.1. The zero-order valence-electron chi connectivity index (χ0n) is 12.9. The van der Waals surface area contributed by atoms with Gasteiger partial charge in [0.2, 0.25) is 0 Å². The van der Waals surface area contributed by atoms with E-state index in [2.05, 4.69) is 30.9 Å². The summed E-state index contributed by atoms with van der Waals surface area (Å²) in [6.07, 6.45) is 1.19. The van der Waals surface area contributed by atoms with Gasteiger partial charge in [0.15, 0.2) is 11.5 Å². The zero-order valence-corrected chi connectivity index (χ0v) is 12.9. The fraction of sp³-hybridized carbons (Fsp3) is 0.625. The van der Waals surface area contributed by atoms with E-state index < -0.39 is 0 Å². The summed E-state index contributed by atoms with van der Waals surface area (Å²) >= 11 is 0. The van der Waals surface area contributed by atoms with Crippen LogP contribution >= 0.6 is 0 Å². The molecule has 0 aromatic heterocycles. The smallest absolute Gasteiger partial charge is 0.161 e. The van der Waals surface area contributed by atoms with Gasteiger partial charge in [0.05, 0.1) is 14.2 Å². The first-order valence-corrected chi connectivity index (χ1v) is 7.28. The normalized spacial score (nSPS) is 24.6. The van der Waals surface area contributed by atoms with Crippen molar-refractivity contribution in [2.45, 2.75) is 32.4 Å². The summed E-state index contributed by atoms with van der Waals surface area (Å²) in [7, 11) is 3.34. The molecule has 3 unspecified atom stereocenters. The van der Waals surface area contributed by atoms with Crippen LogP contribution in [0.1, 0.15) is 31.9 Å². The molecule has 1 fully saturated rings. The van der Waals surface area contributed by atoms with Crippen molar-refractivity contribution in [1.82, 2.24) is 4.90 Å². The van der Waals surface area contributed by atoms with Crippen LogP contribution in [-0.4, -0.2) is 38.3 Å². The Morgan fingerprint density at radius 1 is 1.30 bits per heavy atom. The van der Waals surface area contributed by atoms with E-state index in [0.717, 1.165) is 24.6 Å². The topological polar surface area (TPSA) is 47.7 Å². The molecule has 0 radical (unpaired) electrons. The molecule has 4 nitrogen and oxygen atoms in total. The first kappa shape index (κ1) is 15.1. The van der Waals surface area contributed by atoms with Gasteiger partial charge in [-0.15, -0.1) is 0 Å². The number of ether oxygens (including phenoxy) is 2. The SMILES string of the molecule is COc1ccc(C(C)N2CC(CN)CC2C)cc1OC. The Kier molecular flexibility index (Phi) is 4.89. The van der Waals surface area contributed by atoms with E-state index in [1.54, 1.807) is 14.2 Å². The molecule has 1 heterocycles. The summed E-state index contributed by atoms with van der Waals surface area (Å²) < 4.78 is 10.7. The average molecular weight is 278 g/mol. The molecule has 1 aliphatic rings. The van der Waals surface area contributed by atoms with Crippen LogP contribution in [0.15, 0.2) is 18.2 Å². The van der Waals surface area contributed by atoms with E-state index in [9.17, 15) is 0 Å². The molecule has 4 heteroatoms. The third-order valence-corrected chi connectivity index (χ3v) is 4.43. The number of nitrogens with zero attached hydrogens (tertiary/aromatic N) is 1. The Hall–Kier alpha value is -1.26. The maximum absolute atomic E-state index is 5.82. The van der Waals surface area contributed by atoms with Crippen molar-refractivity contribution >= 4 is 0 Å². The molecule has 0 aliphatic carbocycles. The van der Waals surface area contributed by atoms with Crippen molar-refractivity contribution in [2.24, 2.45) is 11.7 Å². The van der Waals surface area contributed by atoms with Gasteiger partial charge >= 0.3 is 0 Å². The minimum Gasteiger partial charge on any atom is -0.493 e. The molecule has 2 rings (SSSR count). The fourth-order valence-electron chi connectivity index (χ4n) is 3.19. The Balaban J connectivity index is 2.18. The third-order valence-electron chi connectivity index (χ3n) is 4.43. The fourth-order valence-corrected chi connectivity index (χ4v) is 3.19. The van der Waals surface area contributed by atoms with Crippen molar-refractivity contribution in [1.29, 1.82) is 0 Å². The highest BCUT2D eigenvalue weighted by Crippen LogP contribution is 2.35. The Morgan fingerprint density at radius 2 is 2.00 bits per heavy atom. The highest BCUT2D eigenvalue weighted by Gasteiger charge is 2.32. The first-order chi connectivity index (χ1) is 9.60. The van der Waals surface area contributed by atoms with Gasteiger partial charge < -0.3 is 15.2 Å². The van der Waals surface area contributed by atoms with Crippen LogP contribution in [0.4, 0.5) is 0 Å². The van der Waals surface area contributed by atoms with Crippen LogP contribution in [0.3, 0.4) is 0 Å². The van der Waals surface area contributed by atoms with Crippen LogP contribution in [0.2, 0.25) is 0 Å². The van der Waals surface area contributed by atoms with Gasteiger partial charge in [0, 0.05) is 18.6 Å². The van der Waals surface area contributed by atoms with E-state index in [-0.39, 0.29) is 0 Å². The molecular formula is C16H26N2O2. The van der Waals surface area contributed by atoms with Crippen LogP contribution in [0.5, 0.6) is 11.5 Å². The van der Waals surface area contributed by atoms with Gasteiger partial charge in [-0.2, -0.15) is 0 Å². The minimum absolute atomic E-state index is 0.362. The number of hydrogen-bond acceptors (Lipinski definition) is 4. The lowest BCUT2D eigenvalue weighted by molar-refractivity contribution is 0.200. The summed E-state index contributed by atoms with van der Waals surface area (Å²) in [6.45, 7) is 6.39. The molecule has 0 bridgehead atoms. The van der Waals surface area contributed by atoms with Crippen LogP contribution in [0, 0.1) is 5.92 Å². The summed E-state index contributed by atoms with van der Waals surface area (Å²) in [4.78, 5) is 2.53. The molecule has 20 heavy (non-hydrogen) atoms. The molecule has 3 atom stereocenters. The predicted octanol–water partition coefficient (Wildman–Crippen LogP) is 2.43. The van der Waals surface area contributed by atoms with E-state index in [0.29, 0.717) is 18.0 Å². The van der Waals surface area contributed by atoms with Crippen molar-refractivity contribution in [3.63, 3.8) is 0 Å². The molecule has 1 aromatic rings. The highest BCUT2D eigenvalue weighted by atomic mass is 16.5. The van der Waals surface area contributed by atoms with Crippen molar-refractivity contribution < 1.29 is 9.47 Å².